The maximum absolute atomic E-state index is 11.7. The Morgan fingerprint density at radius 2 is 2.32 bits per heavy atom. The Bertz CT molecular complexity index is 687. The molecule has 1 heterocycles. The number of para-hydroxylation sites is 1. The molecule has 1 amide bonds. The minimum absolute atomic E-state index is 0.0841. The fourth-order valence-corrected chi connectivity index (χ4v) is 2.62. The van der Waals surface area contributed by atoms with Crippen LogP contribution in [0.2, 0.25) is 5.02 Å². The molecule has 3 rings (SSSR count). The van der Waals surface area contributed by atoms with Crippen molar-refractivity contribution in [2.24, 2.45) is 0 Å². The molecular weight excluding hydrogens is 282 g/mol. The molecule has 0 bridgehead atoms. The maximum atomic E-state index is 11.7. The van der Waals surface area contributed by atoms with Gasteiger partial charge in [0.2, 0.25) is 5.91 Å². The summed E-state index contributed by atoms with van der Waals surface area (Å²) in [5.41, 5.74) is 1.77. The van der Waals surface area contributed by atoms with E-state index in [1.807, 2.05) is 22.8 Å². The molecule has 0 saturated heterocycles. The maximum Gasteiger partial charge on any atom is 0.222 e. The number of hydrogen-bond acceptors (Lipinski definition) is 2. The highest BCUT2D eigenvalue weighted by atomic mass is 35.5. The van der Waals surface area contributed by atoms with Crippen LogP contribution in [-0.2, 0) is 11.3 Å². The summed E-state index contributed by atoms with van der Waals surface area (Å²) in [7, 11) is 0. The summed E-state index contributed by atoms with van der Waals surface area (Å²) in [4.78, 5) is 14.8. The summed E-state index contributed by atoms with van der Waals surface area (Å²) in [6.07, 6.45) is 2.64. The Kier molecular flexibility index (Phi) is 3.33. The van der Waals surface area contributed by atoms with E-state index in [0.29, 0.717) is 28.8 Å². The van der Waals surface area contributed by atoms with E-state index >= 15 is 0 Å². The number of benzene rings is 1. The molecule has 0 radical (unpaired) electrons. The third-order valence-electron chi connectivity index (χ3n) is 3.26. The Balaban J connectivity index is 1.80. The molecule has 1 aromatic heterocycles. The van der Waals surface area contributed by atoms with Gasteiger partial charge in [-0.05, 0) is 37.2 Å². The molecule has 0 unspecified atom stereocenters. The zero-order chi connectivity index (χ0) is 13.4. The molecule has 0 atom stereocenters. The first-order valence-corrected chi connectivity index (χ1v) is 7.10. The summed E-state index contributed by atoms with van der Waals surface area (Å²) in [5.74, 6) is 0.0841. The summed E-state index contributed by atoms with van der Waals surface area (Å²) in [5, 5.41) is 3.62. The van der Waals surface area contributed by atoms with E-state index in [1.54, 1.807) is 0 Å². The number of halogens is 1. The summed E-state index contributed by atoms with van der Waals surface area (Å²) in [6, 6.07) is 6.05. The average molecular weight is 296 g/mol. The minimum atomic E-state index is 0.0841. The van der Waals surface area contributed by atoms with Gasteiger partial charge in [0.15, 0.2) is 4.77 Å². The van der Waals surface area contributed by atoms with Gasteiger partial charge in [-0.1, -0.05) is 17.7 Å². The van der Waals surface area contributed by atoms with E-state index in [0.717, 1.165) is 23.9 Å². The van der Waals surface area contributed by atoms with Crippen LogP contribution in [0, 0.1) is 4.77 Å². The normalized spacial score (nSPS) is 14.8. The van der Waals surface area contributed by atoms with Crippen LogP contribution in [0.3, 0.4) is 0 Å². The van der Waals surface area contributed by atoms with Crippen LogP contribution in [0.25, 0.3) is 11.0 Å². The smallest absolute Gasteiger partial charge is 0.222 e. The average Bonchev–Trinajstić information content (AvgIpc) is 3.11. The zero-order valence-corrected chi connectivity index (χ0v) is 11.9. The Morgan fingerprint density at radius 3 is 3.05 bits per heavy atom. The Hall–Kier alpha value is -1.33. The third-order valence-corrected chi connectivity index (χ3v) is 3.90. The van der Waals surface area contributed by atoms with Gasteiger partial charge in [0.25, 0.3) is 0 Å². The summed E-state index contributed by atoms with van der Waals surface area (Å²) in [6.45, 7) is 0.567. The molecular formula is C13H14ClN3OS. The zero-order valence-electron chi connectivity index (χ0n) is 10.3. The van der Waals surface area contributed by atoms with E-state index < -0.39 is 0 Å². The molecule has 2 aromatic rings. The number of aromatic amines is 1. The molecule has 6 heteroatoms. The number of H-pyrrole nitrogens is 1. The highest BCUT2D eigenvalue weighted by molar-refractivity contribution is 7.71. The lowest BCUT2D eigenvalue weighted by atomic mass is 10.3. The second-order valence-electron chi connectivity index (χ2n) is 4.81. The monoisotopic (exact) mass is 295 g/mol. The molecule has 1 saturated carbocycles. The fourth-order valence-electron chi connectivity index (χ4n) is 2.11. The Morgan fingerprint density at radius 1 is 1.53 bits per heavy atom. The SMILES string of the molecule is O=C(CCn1c(=S)[nH]c2c(Cl)cccc21)NC1CC1. The van der Waals surface area contributed by atoms with Crippen molar-refractivity contribution in [1.82, 2.24) is 14.9 Å². The number of carbonyl (C=O) groups excluding carboxylic acids is 1. The van der Waals surface area contributed by atoms with Crippen molar-refractivity contribution in [2.75, 3.05) is 0 Å². The van der Waals surface area contributed by atoms with Gasteiger partial charge in [-0.3, -0.25) is 4.79 Å². The first-order valence-electron chi connectivity index (χ1n) is 6.31. The lowest BCUT2D eigenvalue weighted by Gasteiger charge is -2.05. The van der Waals surface area contributed by atoms with Gasteiger partial charge in [-0.25, -0.2) is 0 Å². The fraction of sp³-hybridized carbons (Fsp3) is 0.385. The molecule has 100 valence electrons. The number of aromatic nitrogens is 2. The predicted octanol–water partition coefficient (Wildman–Crippen LogP) is 3.02. The number of rotatable bonds is 4. The summed E-state index contributed by atoms with van der Waals surface area (Å²) >= 11 is 11.4. The van der Waals surface area contributed by atoms with Crippen LogP contribution >= 0.6 is 23.8 Å². The number of hydrogen-bond donors (Lipinski definition) is 2. The standard InChI is InChI=1S/C13H14ClN3OS/c14-9-2-1-3-10-12(9)16-13(19)17(10)7-6-11(18)15-8-4-5-8/h1-3,8H,4-7H2,(H,15,18)(H,16,19). The van der Waals surface area contributed by atoms with Crippen LogP contribution in [0.5, 0.6) is 0 Å². The number of amides is 1. The number of carbonyl (C=O) groups is 1. The summed E-state index contributed by atoms with van der Waals surface area (Å²) < 4.78 is 2.52. The molecule has 2 N–H and O–H groups in total. The number of nitrogens with one attached hydrogen (secondary N) is 2. The molecule has 1 aromatic carbocycles. The van der Waals surface area contributed by atoms with Crippen LogP contribution in [0.4, 0.5) is 0 Å². The van der Waals surface area contributed by atoms with Gasteiger partial charge in [0, 0.05) is 19.0 Å². The van der Waals surface area contributed by atoms with E-state index in [2.05, 4.69) is 10.3 Å². The molecule has 1 aliphatic rings. The number of nitrogens with zero attached hydrogens (tertiary/aromatic N) is 1. The second kappa shape index (κ2) is 4.98. The highest BCUT2D eigenvalue weighted by Crippen LogP contribution is 2.23. The van der Waals surface area contributed by atoms with E-state index in [-0.39, 0.29) is 5.91 Å². The van der Waals surface area contributed by atoms with Crippen LogP contribution in [-0.4, -0.2) is 21.5 Å². The van der Waals surface area contributed by atoms with Crippen molar-refractivity contribution in [2.45, 2.75) is 31.8 Å². The molecule has 0 aliphatic heterocycles. The van der Waals surface area contributed by atoms with Crippen molar-refractivity contribution in [1.29, 1.82) is 0 Å². The van der Waals surface area contributed by atoms with Crippen molar-refractivity contribution in [3.63, 3.8) is 0 Å². The van der Waals surface area contributed by atoms with Gasteiger partial charge in [0.1, 0.15) is 0 Å². The molecule has 1 fully saturated rings. The molecule has 0 spiro atoms. The highest BCUT2D eigenvalue weighted by Gasteiger charge is 2.23. The van der Waals surface area contributed by atoms with E-state index in [9.17, 15) is 4.79 Å². The van der Waals surface area contributed by atoms with Gasteiger partial charge in [-0.2, -0.15) is 0 Å². The van der Waals surface area contributed by atoms with Gasteiger partial charge in [-0.15, -0.1) is 0 Å². The lowest BCUT2D eigenvalue weighted by Crippen LogP contribution is -2.26. The second-order valence-corrected chi connectivity index (χ2v) is 5.60. The van der Waals surface area contributed by atoms with Crippen molar-refractivity contribution < 1.29 is 4.79 Å². The number of fused-ring (bicyclic) bond motifs is 1. The topological polar surface area (TPSA) is 49.8 Å². The number of imidazole rings is 1. The first kappa shape index (κ1) is 12.7. The van der Waals surface area contributed by atoms with Gasteiger partial charge in [0.05, 0.1) is 16.1 Å². The largest absolute Gasteiger partial charge is 0.353 e. The van der Waals surface area contributed by atoms with Crippen LogP contribution < -0.4 is 5.32 Å². The minimum Gasteiger partial charge on any atom is -0.353 e. The van der Waals surface area contributed by atoms with Crippen molar-refractivity contribution in [3.8, 4) is 0 Å². The molecule has 1 aliphatic carbocycles. The van der Waals surface area contributed by atoms with Gasteiger partial charge >= 0.3 is 0 Å². The van der Waals surface area contributed by atoms with Crippen molar-refractivity contribution >= 4 is 40.8 Å². The third kappa shape index (κ3) is 2.67. The van der Waals surface area contributed by atoms with Crippen molar-refractivity contribution in [3.05, 3.63) is 28.0 Å². The Labute approximate surface area is 120 Å². The lowest BCUT2D eigenvalue weighted by molar-refractivity contribution is -0.121. The predicted molar refractivity (Wildman–Crippen MR) is 77.9 cm³/mol. The van der Waals surface area contributed by atoms with E-state index in [1.165, 1.54) is 0 Å². The molecule has 19 heavy (non-hydrogen) atoms. The molecule has 4 nitrogen and oxygen atoms in total. The van der Waals surface area contributed by atoms with Gasteiger partial charge < -0.3 is 14.9 Å². The quantitative estimate of drug-likeness (QED) is 0.852. The first-order chi connectivity index (χ1) is 9.15. The number of aryl methyl sites for hydroxylation is 1. The van der Waals surface area contributed by atoms with Crippen LogP contribution in [0.1, 0.15) is 19.3 Å². The van der Waals surface area contributed by atoms with E-state index in [4.69, 9.17) is 23.8 Å². The van der Waals surface area contributed by atoms with Crippen LogP contribution in [0.15, 0.2) is 18.2 Å².